The number of hydrogen-bond acceptors (Lipinski definition) is 2. The van der Waals surface area contributed by atoms with Crippen molar-refractivity contribution in [2.75, 3.05) is 6.54 Å². The van der Waals surface area contributed by atoms with E-state index in [4.69, 9.17) is 17.3 Å². The van der Waals surface area contributed by atoms with Crippen LogP contribution in [0.5, 0.6) is 0 Å². The van der Waals surface area contributed by atoms with Crippen molar-refractivity contribution in [3.63, 3.8) is 0 Å². The fourth-order valence-corrected chi connectivity index (χ4v) is 3.71. The van der Waals surface area contributed by atoms with Crippen LogP contribution in [0.15, 0.2) is 23.6 Å². The fraction of sp³-hybridized carbons (Fsp3) is 0.500. The molecule has 0 amide bonds. The summed E-state index contributed by atoms with van der Waals surface area (Å²) in [4.78, 5) is 0. The second-order valence-corrected chi connectivity index (χ2v) is 6.94. The third kappa shape index (κ3) is 3.71. The first kappa shape index (κ1) is 14.8. The van der Waals surface area contributed by atoms with Crippen molar-refractivity contribution >= 4 is 33.0 Å². The van der Waals surface area contributed by atoms with E-state index in [2.05, 4.69) is 31.4 Å². The Labute approximate surface area is 124 Å². The summed E-state index contributed by atoms with van der Waals surface area (Å²) < 4.78 is 1.31. The molecule has 0 radical (unpaired) electrons. The Balaban J connectivity index is 2.18. The normalized spacial score (nSPS) is 13.3. The zero-order valence-electron chi connectivity index (χ0n) is 11.7. The minimum absolute atomic E-state index is 0.464. The van der Waals surface area contributed by atoms with Gasteiger partial charge in [-0.05, 0) is 59.3 Å². The molecule has 2 aromatic rings. The molecule has 0 saturated carbocycles. The third-order valence-electron chi connectivity index (χ3n) is 3.62. The van der Waals surface area contributed by atoms with Crippen molar-refractivity contribution in [3.8, 4) is 0 Å². The van der Waals surface area contributed by atoms with Crippen molar-refractivity contribution < 1.29 is 0 Å². The number of benzene rings is 1. The van der Waals surface area contributed by atoms with Gasteiger partial charge in [0.1, 0.15) is 0 Å². The Hall–Kier alpha value is -0.570. The van der Waals surface area contributed by atoms with Gasteiger partial charge in [0, 0.05) is 9.72 Å². The van der Waals surface area contributed by atoms with E-state index in [1.165, 1.54) is 34.9 Å². The van der Waals surface area contributed by atoms with Crippen LogP contribution >= 0.6 is 22.9 Å². The van der Waals surface area contributed by atoms with Gasteiger partial charge in [0.05, 0.1) is 0 Å². The van der Waals surface area contributed by atoms with E-state index >= 15 is 0 Å². The predicted molar refractivity (Wildman–Crippen MR) is 87.3 cm³/mol. The summed E-state index contributed by atoms with van der Waals surface area (Å²) in [5.74, 6) is 1.23. The molecule has 0 aliphatic heterocycles. The molecule has 1 aromatic heterocycles. The van der Waals surface area contributed by atoms with E-state index in [1.54, 1.807) is 11.3 Å². The van der Waals surface area contributed by atoms with Crippen LogP contribution in [-0.2, 0) is 0 Å². The highest BCUT2D eigenvalue weighted by Crippen LogP contribution is 2.35. The topological polar surface area (TPSA) is 26.0 Å². The SMILES string of the molecule is CC(C)CCCC(CN)c1csc2ccc(Cl)cc12. The molecule has 0 aliphatic carbocycles. The molecule has 1 heterocycles. The second kappa shape index (κ2) is 6.74. The van der Waals surface area contributed by atoms with E-state index in [1.807, 2.05) is 6.07 Å². The highest BCUT2D eigenvalue weighted by Gasteiger charge is 2.15. The Morgan fingerprint density at radius 2 is 2.05 bits per heavy atom. The average molecular weight is 296 g/mol. The first-order valence-corrected chi connectivity index (χ1v) is 8.24. The van der Waals surface area contributed by atoms with Crippen molar-refractivity contribution in [3.05, 3.63) is 34.2 Å². The van der Waals surface area contributed by atoms with Gasteiger partial charge in [-0.2, -0.15) is 0 Å². The van der Waals surface area contributed by atoms with Crippen LogP contribution in [-0.4, -0.2) is 6.54 Å². The van der Waals surface area contributed by atoms with E-state index in [0.717, 1.165) is 17.5 Å². The predicted octanol–water partition coefficient (Wildman–Crippen LogP) is 5.42. The monoisotopic (exact) mass is 295 g/mol. The van der Waals surface area contributed by atoms with Crippen LogP contribution in [0.4, 0.5) is 0 Å². The van der Waals surface area contributed by atoms with Gasteiger partial charge < -0.3 is 5.73 Å². The van der Waals surface area contributed by atoms with Crippen molar-refractivity contribution in [2.45, 2.75) is 39.0 Å². The van der Waals surface area contributed by atoms with Crippen LogP contribution < -0.4 is 5.73 Å². The van der Waals surface area contributed by atoms with Gasteiger partial charge in [0.15, 0.2) is 0 Å². The lowest BCUT2D eigenvalue weighted by atomic mass is 9.92. The van der Waals surface area contributed by atoms with Gasteiger partial charge in [0.2, 0.25) is 0 Å². The van der Waals surface area contributed by atoms with Crippen LogP contribution in [0.25, 0.3) is 10.1 Å². The first-order chi connectivity index (χ1) is 9.11. The van der Waals surface area contributed by atoms with E-state index < -0.39 is 0 Å². The Morgan fingerprint density at radius 1 is 1.26 bits per heavy atom. The minimum atomic E-state index is 0.464. The van der Waals surface area contributed by atoms with Gasteiger partial charge in [0.25, 0.3) is 0 Å². The molecule has 2 rings (SSSR count). The third-order valence-corrected chi connectivity index (χ3v) is 4.84. The van der Waals surface area contributed by atoms with E-state index in [9.17, 15) is 0 Å². The van der Waals surface area contributed by atoms with Crippen molar-refractivity contribution in [1.29, 1.82) is 0 Å². The van der Waals surface area contributed by atoms with Crippen LogP contribution in [0.2, 0.25) is 5.02 Å². The maximum atomic E-state index is 6.11. The summed E-state index contributed by atoms with van der Waals surface area (Å²) in [6.45, 7) is 5.27. The summed E-state index contributed by atoms with van der Waals surface area (Å²) in [6, 6.07) is 6.14. The standard InChI is InChI=1S/C16H22ClNS/c1-11(2)4-3-5-12(9-18)15-10-19-16-7-6-13(17)8-14(15)16/h6-8,10-12H,3-5,9,18H2,1-2H3. The lowest BCUT2D eigenvalue weighted by Gasteiger charge is -2.15. The summed E-state index contributed by atoms with van der Waals surface area (Å²) >= 11 is 7.91. The molecule has 1 nitrogen and oxygen atoms in total. The van der Waals surface area contributed by atoms with Crippen LogP contribution in [0.3, 0.4) is 0 Å². The molecule has 3 heteroatoms. The number of hydrogen-bond donors (Lipinski definition) is 1. The maximum Gasteiger partial charge on any atom is 0.0413 e. The molecular weight excluding hydrogens is 274 g/mol. The Morgan fingerprint density at radius 3 is 2.74 bits per heavy atom. The Kier molecular flexibility index (Phi) is 5.26. The molecule has 19 heavy (non-hydrogen) atoms. The quantitative estimate of drug-likeness (QED) is 0.756. The lowest BCUT2D eigenvalue weighted by Crippen LogP contribution is -2.12. The fourth-order valence-electron chi connectivity index (χ4n) is 2.51. The second-order valence-electron chi connectivity index (χ2n) is 5.59. The van der Waals surface area contributed by atoms with Gasteiger partial charge in [-0.3, -0.25) is 0 Å². The van der Waals surface area contributed by atoms with Crippen molar-refractivity contribution in [2.24, 2.45) is 11.7 Å². The number of thiophene rings is 1. The van der Waals surface area contributed by atoms with Crippen molar-refractivity contribution in [1.82, 2.24) is 0 Å². The molecule has 0 fully saturated rings. The molecule has 1 atom stereocenters. The number of halogens is 1. The van der Waals surface area contributed by atoms with Gasteiger partial charge in [-0.25, -0.2) is 0 Å². The largest absolute Gasteiger partial charge is 0.330 e. The smallest absolute Gasteiger partial charge is 0.0413 e. The minimum Gasteiger partial charge on any atom is -0.330 e. The average Bonchev–Trinajstić information content (AvgIpc) is 2.77. The molecule has 1 aromatic carbocycles. The number of fused-ring (bicyclic) bond motifs is 1. The highest BCUT2D eigenvalue weighted by molar-refractivity contribution is 7.17. The molecule has 2 N–H and O–H groups in total. The molecule has 104 valence electrons. The highest BCUT2D eigenvalue weighted by atomic mass is 35.5. The lowest BCUT2D eigenvalue weighted by molar-refractivity contribution is 0.504. The maximum absolute atomic E-state index is 6.11. The van der Waals surface area contributed by atoms with Crippen LogP contribution in [0.1, 0.15) is 44.6 Å². The van der Waals surface area contributed by atoms with E-state index in [-0.39, 0.29) is 0 Å². The first-order valence-electron chi connectivity index (χ1n) is 6.98. The zero-order valence-corrected chi connectivity index (χ0v) is 13.2. The number of nitrogens with two attached hydrogens (primary N) is 1. The Bertz CT molecular complexity index is 533. The molecule has 0 bridgehead atoms. The summed E-state index contributed by atoms with van der Waals surface area (Å²) in [5, 5.41) is 4.36. The molecule has 0 saturated heterocycles. The summed E-state index contributed by atoms with van der Waals surface area (Å²) in [6.07, 6.45) is 3.70. The van der Waals surface area contributed by atoms with Gasteiger partial charge in [-0.15, -0.1) is 11.3 Å². The van der Waals surface area contributed by atoms with E-state index in [0.29, 0.717) is 5.92 Å². The molecule has 1 unspecified atom stereocenters. The van der Waals surface area contributed by atoms with Crippen LogP contribution in [0, 0.1) is 5.92 Å². The molecular formula is C16H22ClNS. The summed E-state index contributed by atoms with van der Waals surface area (Å²) in [7, 11) is 0. The van der Waals surface area contributed by atoms with Gasteiger partial charge >= 0.3 is 0 Å². The zero-order chi connectivity index (χ0) is 13.8. The number of rotatable bonds is 6. The van der Waals surface area contributed by atoms with Gasteiger partial charge in [-0.1, -0.05) is 38.3 Å². The molecule has 0 aliphatic rings. The molecule has 0 spiro atoms. The summed E-state index contributed by atoms with van der Waals surface area (Å²) in [5.41, 5.74) is 7.36.